The first-order valence-electron chi connectivity index (χ1n) is 16.6. The third kappa shape index (κ3) is 7.60. The molecule has 2 aromatic rings. The second kappa shape index (κ2) is 13.9. The summed E-state index contributed by atoms with van der Waals surface area (Å²) in [5.74, 6) is 1.15. The van der Waals surface area contributed by atoms with Crippen molar-refractivity contribution >= 4 is 68.1 Å². The zero-order chi connectivity index (χ0) is 32.4. The normalized spacial score (nSPS) is 19.7. The molecule has 1 aromatic heterocycles. The van der Waals surface area contributed by atoms with Crippen molar-refractivity contribution in [2.75, 3.05) is 82.2 Å². The van der Waals surface area contributed by atoms with Crippen molar-refractivity contribution < 1.29 is 14.3 Å². The summed E-state index contributed by atoms with van der Waals surface area (Å²) in [6, 6.07) is 6.91. The SMILES string of the molecule is BC(B)(B)C(B)(B)c1nc(C(N)=O)c(Nc2ccc(N3CCC(N4CCN(C)CC4)CC3)c(OC)c2)nc1NC1CCOCC1. The Labute approximate surface area is 273 Å². The van der Waals surface area contributed by atoms with Gasteiger partial charge in [-0.25, -0.2) is 9.97 Å². The highest BCUT2D eigenvalue weighted by Crippen LogP contribution is 2.39. The Hall–Kier alpha value is -2.83. The van der Waals surface area contributed by atoms with Crippen LogP contribution in [-0.4, -0.2) is 144 Å². The van der Waals surface area contributed by atoms with Crippen molar-refractivity contribution in [3.63, 3.8) is 0 Å². The van der Waals surface area contributed by atoms with E-state index in [1.165, 1.54) is 0 Å². The van der Waals surface area contributed by atoms with Crippen LogP contribution >= 0.6 is 0 Å². The number of primary amides is 1. The molecule has 0 saturated carbocycles. The second-order valence-corrected chi connectivity index (χ2v) is 14.5. The highest BCUT2D eigenvalue weighted by Gasteiger charge is 2.39. The molecule has 0 spiro atoms. The smallest absolute Gasteiger partial charge is 0.271 e. The standard InChI is InChI=1S/C29H49B5N8O3/c1-40-11-13-41(14-12-40)20-5-9-42(10-6-20)21-4-3-19(17-22(21)44-2)37-26-23(25(35)43)38-24(28(30,31)29(32,33)34)27(39-26)36-18-7-15-45-16-8-18/h3-4,17-18,20H,5-16,30-34H2,1-2H3,(H2,35,43)(H2,36,37,39). The molecule has 0 radical (unpaired) electrons. The quantitative estimate of drug-likeness (QED) is 0.249. The second-order valence-electron chi connectivity index (χ2n) is 14.5. The number of carbonyl (C=O) groups excluding carboxylic acids is 1. The zero-order valence-electron chi connectivity index (χ0n) is 28.4. The van der Waals surface area contributed by atoms with E-state index in [4.69, 9.17) is 25.2 Å². The molecule has 4 heterocycles. The summed E-state index contributed by atoms with van der Waals surface area (Å²) in [6.45, 7) is 7.99. The van der Waals surface area contributed by atoms with Crippen LogP contribution in [0.4, 0.5) is 23.0 Å². The van der Waals surface area contributed by atoms with Crippen LogP contribution in [0.2, 0.25) is 5.11 Å². The number of aromatic nitrogens is 2. The molecule has 0 atom stereocenters. The van der Waals surface area contributed by atoms with E-state index in [0.29, 0.717) is 30.9 Å². The summed E-state index contributed by atoms with van der Waals surface area (Å²) < 4.78 is 11.5. The van der Waals surface area contributed by atoms with Crippen molar-refractivity contribution in [3.05, 3.63) is 29.6 Å². The molecule has 1 aromatic carbocycles. The molecular formula is C29H49B5N8O3. The molecule has 16 heteroatoms. The molecule has 0 bridgehead atoms. The molecule has 0 unspecified atom stereocenters. The average Bonchev–Trinajstić information content (AvgIpc) is 3.01. The predicted octanol–water partition coefficient (Wildman–Crippen LogP) is -2.47. The van der Waals surface area contributed by atoms with E-state index in [0.717, 1.165) is 87.8 Å². The summed E-state index contributed by atoms with van der Waals surface area (Å²) in [5.41, 5.74) is 8.59. The predicted molar refractivity (Wildman–Crippen MR) is 196 cm³/mol. The number of carbonyl (C=O) groups is 1. The summed E-state index contributed by atoms with van der Waals surface area (Å²) in [5, 5.41) is 6.44. The number of nitrogens with zero attached hydrogens (tertiary/aromatic N) is 5. The summed E-state index contributed by atoms with van der Waals surface area (Å²) in [7, 11) is 14.7. The van der Waals surface area contributed by atoms with Crippen LogP contribution in [0.15, 0.2) is 18.2 Å². The Morgan fingerprint density at radius 2 is 1.64 bits per heavy atom. The molecule has 45 heavy (non-hydrogen) atoms. The molecule has 5 rings (SSSR count). The highest BCUT2D eigenvalue weighted by atomic mass is 16.5. The van der Waals surface area contributed by atoms with Gasteiger partial charge in [-0.2, -0.15) is 0 Å². The van der Waals surface area contributed by atoms with Gasteiger partial charge in [0.15, 0.2) is 11.5 Å². The van der Waals surface area contributed by atoms with Gasteiger partial charge in [-0.15, -0.1) is 5.11 Å². The third-order valence-corrected chi connectivity index (χ3v) is 10.5. The number of hydrogen-bond donors (Lipinski definition) is 3. The van der Waals surface area contributed by atoms with Gasteiger partial charge in [-0.3, -0.25) is 9.69 Å². The fraction of sp³-hybridized carbons (Fsp3) is 0.621. The Morgan fingerprint density at radius 1 is 0.978 bits per heavy atom. The van der Waals surface area contributed by atoms with Gasteiger partial charge in [0.05, 0.1) is 42.0 Å². The number of piperazine rings is 1. The van der Waals surface area contributed by atoms with Crippen LogP contribution < -0.4 is 26.0 Å². The van der Waals surface area contributed by atoms with E-state index >= 15 is 0 Å². The molecule has 238 valence electrons. The number of anilines is 4. The molecule has 11 nitrogen and oxygen atoms in total. The number of hydrogen-bond acceptors (Lipinski definition) is 10. The van der Waals surface area contributed by atoms with E-state index < -0.39 is 11.1 Å². The number of nitrogens with two attached hydrogens (primary N) is 1. The lowest BCUT2D eigenvalue weighted by Gasteiger charge is -2.42. The molecule has 0 aliphatic carbocycles. The van der Waals surface area contributed by atoms with Gasteiger partial charge >= 0.3 is 0 Å². The maximum Gasteiger partial charge on any atom is 0.271 e. The lowest BCUT2D eigenvalue weighted by Crippen LogP contribution is -2.52. The number of likely N-dealkylation sites (N-methyl/N-ethyl adjacent to an activating group) is 1. The van der Waals surface area contributed by atoms with Crippen LogP contribution in [0.1, 0.15) is 41.9 Å². The minimum atomic E-state index is -0.625. The molecule has 3 fully saturated rings. The third-order valence-electron chi connectivity index (χ3n) is 10.5. The molecule has 1 amide bonds. The van der Waals surface area contributed by atoms with E-state index in [1.807, 2.05) is 12.1 Å². The number of benzene rings is 1. The Bertz CT molecular complexity index is 1340. The fourth-order valence-electron chi connectivity index (χ4n) is 6.43. The lowest BCUT2D eigenvalue weighted by molar-refractivity contribution is 0.0903. The van der Waals surface area contributed by atoms with Gasteiger partial charge in [0, 0.05) is 76.3 Å². The molecule has 3 aliphatic rings. The Morgan fingerprint density at radius 3 is 2.24 bits per heavy atom. The Balaban J connectivity index is 1.39. The minimum absolute atomic E-state index is 0.119. The number of methoxy groups -OCH3 is 1. The maximum absolute atomic E-state index is 12.8. The number of ether oxygens (including phenoxy) is 2. The van der Waals surface area contributed by atoms with Gasteiger partial charge in [0.25, 0.3) is 5.91 Å². The van der Waals surface area contributed by atoms with Gasteiger partial charge < -0.3 is 35.6 Å². The monoisotopic (exact) mass is 612 g/mol. The van der Waals surface area contributed by atoms with Gasteiger partial charge in [0.1, 0.15) is 27.3 Å². The summed E-state index contributed by atoms with van der Waals surface area (Å²) in [6.07, 6.45) is 4.04. The molecule has 3 aliphatic heterocycles. The molecule has 3 saturated heterocycles. The first kappa shape index (κ1) is 33.5. The number of nitrogens with one attached hydrogen (secondary N) is 2. The molecule has 4 N–H and O–H groups in total. The van der Waals surface area contributed by atoms with Crippen LogP contribution in [-0.2, 0) is 9.95 Å². The van der Waals surface area contributed by atoms with Gasteiger partial charge in [-0.05, 0) is 44.9 Å². The lowest BCUT2D eigenvalue weighted by atomic mass is 9.22. The average molecular weight is 612 g/mol. The Kier molecular flexibility index (Phi) is 10.3. The van der Waals surface area contributed by atoms with Crippen molar-refractivity contribution in [1.29, 1.82) is 0 Å². The van der Waals surface area contributed by atoms with Crippen molar-refractivity contribution in [2.45, 2.75) is 48.1 Å². The maximum atomic E-state index is 12.8. The van der Waals surface area contributed by atoms with E-state index in [9.17, 15) is 4.79 Å². The first-order chi connectivity index (χ1) is 21.4. The van der Waals surface area contributed by atoms with Gasteiger partial charge in [-0.1, -0.05) is 5.21 Å². The number of piperidine rings is 1. The van der Waals surface area contributed by atoms with Crippen LogP contribution in [0, 0.1) is 0 Å². The minimum Gasteiger partial charge on any atom is -0.495 e. The van der Waals surface area contributed by atoms with E-state index in [2.05, 4.69) is 77.7 Å². The zero-order valence-corrected chi connectivity index (χ0v) is 28.4. The fourth-order valence-corrected chi connectivity index (χ4v) is 6.43. The number of rotatable bonds is 10. The first-order valence-corrected chi connectivity index (χ1v) is 16.6. The summed E-state index contributed by atoms with van der Waals surface area (Å²) in [4.78, 5) is 30.2. The van der Waals surface area contributed by atoms with E-state index in [-0.39, 0.29) is 16.8 Å². The van der Waals surface area contributed by atoms with Gasteiger partial charge in [0.2, 0.25) is 0 Å². The van der Waals surface area contributed by atoms with Crippen LogP contribution in [0.25, 0.3) is 0 Å². The summed E-state index contributed by atoms with van der Waals surface area (Å²) >= 11 is 0. The van der Waals surface area contributed by atoms with Crippen LogP contribution in [0.5, 0.6) is 5.75 Å². The number of amides is 1. The van der Waals surface area contributed by atoms with Crippen molar-refractivity contribution in [2.24, 2.45) is 5.73 Å². The van der Waals surface area contributed by atoms with Crippen molar-refractivity contribution in [1.82, 2.24) is 19.8 Å². The van der Waals surface area contributed by atoms with Crippen LogP contribution in [0.3, 0.4) is 0 Å². The molecular weight excluding hydrogens is 562 g/mol. The topological polar surface area (TPSA) is 121 Å². The largest absolute Gasteiger partial charge is 0.495 e. The highest BCUT2D eigenvalue weighted by molar-refractivity contribution is 6.67. The van der Waals surface area contributed by atoms with E-state index in [1.54, 1.807) is 7.11 Å². The van der Waals surface area contributed by atoms with Crippen molar-refractivity contribution in [3.8, 4) is 5.75 Å².